The SMILES string of the molecule is CC(C(=O)OCCO)=C(S)S. The van der Waals surface area contributed by atoms with Crippen LogP contribution in [0.15, 0.2) is 9.81 Å². The summed E-state index contributed by atoms with van der Waals surface area (Å²) >= 11 is 7.67. The van der Waals surface area contributed by atoms with Crippen molar-refractivity contribution >= 4 is 31.2 Å². The molecule has 0 aliphatic heterocycles. The van der Waals surface area contributed by atoms with Gasteiger partial charge in [0.2, 0.25) is 0 Å². The molecule has 3 nitrogen and oxygen atoms in total. The van der Waals surface area contributed by atoms with Crippen molar-refractivity contribution in [1.29, 1.82) is 0 Å². The summed E-state index contributed by atoms with van der Waals surface area (Å²) in [6.45, 7) is 1.38. The molecular weight excluding hydrogens is 184 g/mol. The smallest absolute Gasteiger partial charge is 0.335 e. The average molecular weight is 194 g/mol. The monoisotopic (exact) mass is 194 g/mol. The van der Waals surface area contributed by atoms with E-state index in [9.17, 15) is 4.79 Å². The van der Waals surface area contributed by atoms with E-state index in [1.807, 2.05) is 0 Å². The lowest BCUT2D eigenvalue weighted by molar-refractivity contribution is -0.139. The second-order valence-electron chi connectivity index (χ2n) is 1.81. The van der Waals surface area contributed by atoms with Crippen LogP contribution in [0.1, 0.15) is 6.92 Å². The molecule has 0 rings (SSSR count). The molecule has 0 bridgehead atoms. The molecule has 0 aliphatic carbocycles. The van der Waals surface area contributed by atoms with E-state index < -0.39 is 5.97 Å². The van der Waals surface area contributed by atoms with Crippen LogP contribution in [-0.4, -0.2) is 24.3 Å². The second kappa shape index (κ2) is 5.51. The van der Waals surface area contributed by atoms with E-state index in [0.29, 0.717) is 9.81 Å². The number of ether oxygens (including phenoxy) is 1. The topological polar surface area (TPSA) is 46.5 Å². The molecule has 0 amide bonds. The van der Waals surface area contributed by atoms with Crippen LogP contribution in [-0.2, 0) is 9.53 Å². The van der Waals surface area contributed by atoms with Gasteiger partial charge in [0.25, 0.3) is 0 Å². The third-order valence-corrected chi connectivity index (χ3v) is 1.64. The van der Waals surface area contributed by atoms with Gasteiger partial charge in [-0.2, -0.15) is 0 Å². The number of esters is 1. The van der Waals surface area contributed by atoms with Crippen molar-refractivity contribution in [2.45, 2.75) is 6.92 Å². The molecule has 0 radical (unpaired) electrons. The second-order valence-corrected chi connectivity index (χ2v) is 3.06. The summed E-state index contributed by atoms with van der Waals surface area (Å²) in [6.07, 6.45) is 0. The van der Waals surface area contributed by atoms with E-state index in [0.717, 1.165) is 0 Å². The minimum Gasteiger partial charge on any atom is -0.460 e. The first-order chi connectivity index (χ1) is 5.09. The van der Waals surface area contributed by atoms with Gasteiger partial charge in [-0.3, -0.25) is 0 Å². The fraction of sp³-hybridized carbons (Fsp3) is 0.500. The number of rotatable bonds is 3. The van der Waals surface area contributed by atoms with Crippen LogP contribution >= 0.6 is 25.3 Å². The van der Waals surface area contributed by atoms with Crippen molar-refractivity contribution in [1.82, 2.24) is 0 Å². The summed E-state index contributed by atoms with van der Waals surface area (Å²) in [7, 11) is 0. The van der Waals surface area contributed by atoms with Gasteiger partial charge >= 0.3 is 5.97 Å². The van der Waals surface area contributed by atoms with Gasteiger partial charge in [-0.05, 0) is 6.92 Å². The van der Waals surface area contributed by atoms with Gasteiger partial charge in [0.05, 0.1) is 12.2 Å². The van der Waals surface area contributed by atoms with Crippen LogP contribution in [0.4, 0.5) is 0 Å². The van der Waals surface area contributed by atoms with E-state index >= 15 is 0 Å². The predicted molar refractivity (Wildman–Crippen MR) is 48.7 cm³/mol. The number of hydrogen-bond donors (Lipinski definition) is 3. The summed E-state index contributed by atoms with van der Waals surface area (Å²) in [5.74, 6) is -0.501. The van der Waals surface area contributed by atoms with Crippen LogP contribution in [0.3, 0.4) is 0 Å². The maximum atomic E-state index is 10.9. The Labute approximate surface area is 76.3 Å². The van der Waals surface area contributed by atoms with Crippen molar-refractivity contribution in [2.75, 3.05) is 13.2 Å². The van der Waals surface area contributed by atoms with Crippen LogP contribution in [0.25, 0.3) is 0 Å². The molecule has 0 fully saturated rings. The van der Waals surface area contributed by atoms with E-state index in [2.05, 4.69) is 30.0 Å². The van der Waals surface area contributed by atoms with Gasteiger partial charge in [0.1, 0.15) is 6.61 Å². The average Bonchev–Trinajstić information content (AvgIpc) is 1.98. The molecule has 0 heterocycles. The maximum absolute atomic E-state index is 10.9. The number of thiol groups is 2. The van der Waals surface area contributed by atoms with Crippen molar-refractivity contribution < 1.29 is 14.6 Å². The molecule has 5 heteroatoms. The van der Waals surface area contributed by atoms with Crippen molar-refractivity contribution in [3.63, 3.8) is 0 Å². The minimum atomic E-state index is -0.501. The molecular formula is C6H10O3S2. The molecule has 0 saturated carbocycles. The molecule has 0 aromatic carbocycles. The first-order valence-corrected chi connectivity index (χ1v) is 3.85. The molecule has 64 valence electrons. The Morgan fingerprint density at radius 1 is 1.55 bits per heavy atom. The van der Waals surface area contributed by atoms with E-state index in [1.165, 1.54) is 0 Å². The minimum absolute atomic E-state index is 0.00497. The Kier molecular flexibility index (Phi) is 5.45. The third-order valence-electron chi connectivity index (χ3n) is 0.966. The zero-order valence-corrected chi connectivity index (χ0v) is 7.86. The predicted octanol–water partition coefficient (Wildman–Crippen LogP) is 0.613. The third kappa shape index (κ3) is 4.34. The molecule has 0 atom stereocenters. The van der Waals surface area contributed by atoms with Gasteiger partial charge in [0.15, 0.2) is 0 Å². The quantitative estimate of drug-likeness (QED) is 0.350. The zero-order chi connectivity index (χ0) is 8.85. The lowest BCUT2D eigenvalue weighted by atomic mass is 10.4. The van der Waals surface area contributed by atoms with E-state index in [4.69, 9.17) is 5.11 Å². The fourth-order valence-electron chi connectivity index (χ4n) is 0.338. The highest BCUT2D eigenvalue weighted by molar-refractivity contribution is 8.05. The summed E-state index contributed by atoms with van der Waals surface area (Å²) in [5.41, 5.74) is 0.338. The first-order valence-electron chi connectivity index (χ1n) is 2.96. The normalized spacial score (nSPS) is 9.09. The fourth-order valence-corrected chi connectivity index (χ4v) is 0.520. The van der Waals surface area contributed by atoms with E-state index in [-0.39, 0.29) is 13.2 Å². The largest absolute Gasteiger partial charge is 0.460 e. The molecule has 0 aromatic rings. The Morgan fingerprint density at radius 2 is 2.09 bits per heavy atom. The van der Waals surface area contributed by atoms with Gasteiger partial charge in [0, 0.05) is 4.24 Å². The van der Waals surface area contributed by atoms with Crippen molar-refractivity contribution in [3.05, 3.63) is 9.81 Å². The summed E-state index contributed by atoms with van der Waals surface area (Å²) in [6, 6.07) is 0. The van der Waals surface area contributed by atoms with Crippen LogP contribution < -0.4 is 0 Å². The first kappa shape index (κ1) is 10.9. The van der Waals surface area contributed by atoms with Crippen LogP contribution in [0.5, 0.6) is 0 Å². The molecule has 1 N–H and O–H groups in total. The molecule has 0 aliphatic rings. The highest BCUT2D eigenvalue weighted by Gasteiger charge is 2.06. The lowest BCUT2D eigenvalue weighted by Crippen LogP contribution is -2.09. The Morgan fingerprint density at radius 3 is 2.45 bits per heavy atom. The van der Waals surface area contributed by atoms with Crippen LogP contribution in [0, 0.1) is 0 Å². The van der Waals surface area contributed by atoms with Crippen molar-refractivity contribution in [3.8, 4) is 0 Å². The zero-order valence-electron chi connectivity index (χ0n) is 6.07. The number of aliphatic hydroxyl groups is 1. The lowest BCUT2D eigenvalue weighted by Gasteiger charge is -2.02. The molecule has 0 unspecified atom stereocenters. The molecule has 0 aromatic heterocycles. The number of carbonyl (C=O) groups excluding carboxylic acids is 1. The van der Waals surface area contributed by atoms with Gasteiger partial charge in [-0.15, -0.1) is 25.3 Å². The van der Waals surface area contributed by atoms with Gasteiger partial charge < -0.3 is 9.84 Å². The summed E-state index contributed by atoms with van der Waals surface area (Å²) in [5, 5.41) is 8.30. The summed E-state index contributed by atoms with van der Waals surface area (Å²) < 4.78 is 4.90. The van der Waals surface area contributed by atoms with Crippen molar-refractivity contribution in [2.24, 2.45) is 0 Å². The number of carbonyl (C=O) groups is 1. The van der Waals surface area contributed by atoms with Gasteiger partial charge in [-0.1, -0.05) is 0 Å². The Bertz CT molecular complexity index is 173. The Hall–Kier alpha value is -0.130. The highest BCUT2D eigenvalue weighted by Crippen LogP contribution is 2.13. The van der Waals surface area contributed by atoms with E-state index in [1.54, 1.807) is 6.92 Å². The molecule has 0 spiro atoms. The highest BCUT2D eigenvalue weighted by atomic mass is 32.2. The standard InChI is InChI=1S/C6H10O3S2/c1-4(6(10)11)5(8)9-3-2-7/h7,10-11H,2-3H2,1H3. The number of aliphatic hydroxyl groups excluding tert-OH is 1. The maximum Gasteiger partial charge on any atom is 0.335 e. The molecule has 0 saturated heterocycles. The Balaban J connectivity index is 3.95. The molecule has 11 heavy (non-hydrogen) atoms. The van der Waals surface area contributed by atoms with Gasteiger partial charge in [-0.25, -0.2) is 4.79 Å². The number of hydrogen-bond acceptors (Lipinski definition) is 5. The summed E-state index contributed by atoms with van der Waals surface area (Å²) in [4.78, 5) is 10.9. The van der Waals surface area contributed by atoms with Crippen LogP contribution in [0.2, 0.25) is 0 Å².